The predicted molar refractivity (Wildman–Crippen MR) is 213 cm³/mol. The van der Waals surface area contributed by atoms with Crippen molar-refractivity contribution >= 4 is 35.0 Å². The van der Waals surface area contributed by atoms with Crippen LogP contribution in [0.3, 0.4) is 0 Å². The summed E-state index contributed by atoms with van der Waals surface area (Å²) in [6.45, 7) is 6.37. The van der Waals surface area contributed by atoms with Crippen molar-refractivity contribution in [1.29, 1.82) is 0 Å². The van der Waals surface area contributed by atoms with Crippen LogP contribution in [0, 0.1) is 11.7 Å². The number of carbonyl (C=O) groups excluding carboxylic acids is 4. The summed E-state index contributed by atoms with van der Waals surface area (Å²) in [5.74, 6) is -0.197. The lowest BCUT2D eigenvalue weighted by Crippen LogP contribution is -2.54. The highest BCUT2D eigenvalue weighted by atomic mass is 19.1. The molecule has 2 unspecified atom stereocenters. The third-order valence-corrected chi connectivity index (χ3v) is 12.6. The molecule has 5 heterocycles. The topological polar surface area (TPSA) is 112 Å². The molecule has 0 saturated carbocycles. The molecule has 3 saturated heterocycles. The zero-order chi connectivity index (χ0) is 39.2. The fourth-order valence-corrected chi connectivity index (χ4v) is 9.46. The normalized spacial score (nSPS) is 22.9. The van der Waals surface area contributed by atoms with Crippen LogP contribution < -0.4 is 24.6 Å². The summed E-state index contributed by atoms with van der Waals surface area (Å²) in [4.78, 5) is 58.5. The molecule has 4 aromatic rings. The lowest BCUT2D eigenvalue weighted by molar-refractivity contribution is -0.136. The molecule has 5 aliphatic rings. The maximum atomic E-state index is 16.1. The Morgan fingerprint density at radius 1 is 0.772 bits per heavy atom. The second-order valence-electron chi connectivity index (χ2n) is 15.8. The van der Waals surface area contributed by atoms with Crippen molar-refractivity contribution in [1.82, 2.24) is 15.1 Å². The third kappa shape index (κ3) is 7.00. The van der Waals surface area contributed by atoms with E-state index in [0.29, 0.717) is 23.8 Å². The van der Waals surface area contributed by atoms with Gasteiger partial charge in [-0.15, -0.1) is 0 Å². The highest BCUT2D eigenvalue weighted by molar-refractivity contribution is 6.23. The number of benzene rings is 4. The van der Waals surface area contributed by atoms with Gasteiger partial charge in [-0.05, 0) is 72.7 Å². The van der Waals surface area contributed by atoms with E-state index in [4.69, 9.17) is 9.47 Å². The standard InChI is InChI=1S/C45H46FN5O6/c1-56-32-9-11-34-40(25-32)57-27-36(29-5-3-2-4-6-29)42(34)30-7-12-38(37(46)23-30)50-17-15-28(16-18-50)26-48-19-21-49(22-20-48)31-8-10-33-35(24-31)45(55)51(44(33)54)39-13-14-41(52)47-43(39)53/h2-12,23-25,28,36,39,42H,13-22,26-27H2,1H3,(H,47,52,53)/t36-,39?,42?/m1/s1. The minimum absolute atomic E-state index is 0.0380. The van der Waals surface area contributed by atoms with Gasteiger partial charge in [0.2, 0.25) is 11.8 Å². The summed E-state index contributed by atoms with van der Waals surface area (Å²) in [7, 11) is 1.64. The van der Waals surface area contributed by atoms with Crippen molar-refractivity contribution in [2.75, 3.05) is 69.3 Å². The molecule has 0 aliphatic carbocycles. The Balaban J connectivity index is 0.805. The molecule has 12 heteroatoms. The lowest BCUT2D eigenvalue weighted by Gasteiger charge is -2.40. The summed E-state index contributed by atoms with van der Waals surface area (Å²) in [6.07, 6.45) is 2.19. The Kier molecular flexibility index (Phi) is 9.90. The van der Waals surface area contributed by atoms with E-state index in [1.54, 1.807) is 25.3 Å². The van der Waals surface area contributed by atoms with Crippen LogP contribution in [0.1, 0.15) is 74.9 Å². The van der Waals surface area contributed by atoms with E-state index in [0.717, 1.165) is 97.4 Å². The summed E-state index contributed by atoms with van der Waals surface area (Å²) < 4.78 is 27.8. The maximum Gasteiger partial charge on any atom is 0.262 e. The molecule has 1 N–H and O–H groups in total. The number of methoxy groups -OCH3 is 1. The van der Waals surface area contributed by atoms with E-state index in [9.17, 15) is 19.2 Å². The fraction of sp³-hybridized carbons (Fsp3) is 0.378. The van der Waals surface area contributed by atoms with E-state index >= 15 is 4.39 Å². The lowest BCUT2D eigenvalue weighted by atomic mass is 9.76. The highest BCUT2D eigenvalue weighted by Crippen LogP contribution is 2.47. The van der Waals surface area contributed by atoms with Crippen LogP contribution in [0.4, 0.5) is 15.8 Å². The van der Waals surface area contributed by atoms with Gasteiger partial charge in [-0.2, -0.15) is 0 Å². The summed E-state index contributed by atoms with van der Waals surface area (Å²) in [6, 6.07) is 26.3. The van der Waals surface area contributed by atoms with Gasteiger partial charge in [0.1, 0.15) is 23.4 Å². The molecule has 57 heavy (non-hydrogen) atoms. The van der Waals surface area contributed by atoms with Gasteiger partial charge >= 0.3 is 0 Å². The SMILES string of the molecule is COc1ccc2c(c1)OC[C@H](c1ccccc1)C2c1ccc(N2CCC(CN3CCN(c4ccc5c(c4)C(=O)N(C4CCC(=O)NC4=O)C5=O)CC3)CC2)c(F)c1. The number of carbonyl (C=O) groups is 4. The van der Waals surface area contributed by atoms with Gasteiger partial charge in [-0.3, -0.25) is 34.3 Å². The highest BCUT2D eigenvalue weighted by Gasteiger charge is 2.45. The van der Waals surface area contributed by atoms with Crippen molar-refractivity contribution < 1.29 is 33.0 Å². The average Bonchev–Trinajstić information content (AvgIpc) is 3.48. The molecule has 0 radical (unpaired) electrons. The van der Waals surface area contributed by atoms with Gasteiger partial charge in [0.15, 0.2) is 0 Å². The first-order valence-corrected chi connectivity index (χ1v) is 20.0. The number of hydrogen-bond acceptors (Lipinski definition) is 9. The Bertz CT molecular complexity index is 2220. The van der Waals surface area contributed by atoms with Gasteiger partial charge in [0, 0.05) is 81.4 Å². The molecule has 0 aromatic heterocycles. The van der Waals surface area contributed by atoms with E-state index in [-0.39, 0.29) is 36.1 Å². The Hall–Kier alpha value is -5.75. The van der Waals surface area contributed by atoms with E-state index < -0.39 is 29.7 Å². The number of halogens is 1. The van der Waals surface area contributed by atoms with Crippen LogP contribution >= 0.6 is 0 Å². The molecular weight excluding hydrogens is 726 g/mol. The first kappa shape index (κ1) is 36.9. The number of imide groups is 2. The number of ether oxygens (including phenoxy) is 2. The maximum absolute atomic E-state index is 16.1. The second-order valence-corrected chi connectivity index (χ2v) is 15.8. The number of nitrogens with one attached hydrogen (secondary N) is 1. The number of piperidine rings is 2. The van der Waals surface area contributed by atoms with Crippen molar-refractivity contribution in [2.24, 2.45) is 5.92 Å². The minimum atomic E-state index is -0.978. The number of fused-ring (bicyclic) bond motifs is 2. The molecule has 5 aliphatic heterocycles. The third-order valence-electron chi connectivity index (χ3n) is 12.6. The van der Waals surface area contributed by atoms with E-state index in [1.807, 2.05) is 48.5 Å². The molecule has 9 rings (SSSR count). The van der Waals surface area contributed by atoms with Gasteiger partial charge in [-0.1, -0.05) is 42.5 Å². The van der Waals surface area contributed by atoms with Gasteiger partial charge in [0.25, 0.3) is 11.8 Å². The molecule has 4 amide bonds. The monoisotopic (exact) mass is 771 g/mol. The molecule has 3 atom stereocenters. The van der Waals surface area contributed by atoms with Crippen LogP contribution in [-0.2, 0) is 9.59 Å². The van der Waals surface area contributed by atoms with Crippen LogP contribution in [-0.4, -0.2) is 99.0 Å². The van der Waals surface area contributed by atoms with Crippen molar-refractivity contribution in [3.05, 3.63) is 119 Å². The van der Waals surface area contributed by atoms with Crippen molar-refractivity contribution in [3.8, 4) is 11.5 Å². The summed E-state index contributed by atoms with van der Waals surface area (Å²) in [5, 5.41) is 2.24. The largest absolute Gasteiger partial charge is 0.497 e. The van der Waals surface area contributed by atoms with Gasteiger partial charge in [-0.25, -0.2) is 4.39 Å². The molecular formula is C45H46FN5O6. The summed E-state index contributed by atoms with van der Waals surface area (Å²) >= 11 is 0. The van der Waals surface area contributed by atoms with Crippen LogP contribution in [0.25, 0.3) is 0 Å². The molecule has 4 aromatic carbocycles. The van der Waals surface area contributed by atoms with Crippen LogP contribution in [0.5, 0.6) is 11.5 Å². The second kappa shape index (κ2) is 15.3. The minimum Gasteiger partial charge on any atom is -0.497 e. The van der Waals surface area contributed by atoms with E-state index in [1.165, 1.54) is 0 Å². The van der Waals surface area contributed by atoms with Crippen molar-refractivity contribution in [3.63, 3.8) is 0 Å². The predicted octanol–water partition coefficient (Wildman–Crippen LogP) is 5.58. The van der Waals surface area contributed by atoms with Crippen LogP contribution in [0.2, 0.25) is 0 Å². The molecule has 3 fully saturated rings. The molecule has 0 bridgehead atoms. The van der Waals surface area contributed by atoms with Crippen LogP contribution in [0.15, 0.2) is 84.9 Å². The Morgan fingerprint density at radius 3 is 2.28 bits per heavy atom. The Morgan fingerprint density at radius 2 is 1.54 bits per heavy atom. The quantitative estimate of drug-likeness (QED) is 0.230. The first-order chi connectivity index (χ1) is 27.7. The van der Waals surface area contributed by atoms with E-state index in [2.05, 4.69) is 38.2 Å². The number of rotatable bonds is 8. The molecule has 0 spiro atoms. The Labute approximate surface area is 331 Å². The number of hydrogen-bond donors (Lipinski definition) is 1. The fourth-order valence-electron chi connectivity index (χ4n) is 9.46. The number of nitrogens with zero attached hydrogens (tertiary/aromatic N) is 4. The zero-order valence-corrected chi connectivity index (χ0v) is 32.0. The molecule has 11 nitrogen and oxygen atoms in total. The zero-order valence-electron chi connectivity index (χ0n) is 32.0. The number of piperazine rings is 1. The number of amides is 4. The van der Waals surface area contributed by atoms with Gasteiger partial charge < -0.3 is 19.3 Å². The smallest absolute Gasteiger partial charge is 0.262 e. The van der Waals surface area contributed by atoms with Gasteiger partial charge in [0.05, 0.1) is 30.5 Å². The first-order valence-electron chi connectivity index (χ1n) is 20.0. The molecule has 294 valence electrons. The average molecular weight is 772 g/mol. The summed E-state index contributed by atoms with van der Waals surface area (Å²) in [5.41, 5.74) is 5.24. The number of anilines is 2. The van der Waals surface area contributed by atoms with Crippen molar-refractivity contribution in [2.45, 2.75) is 43.6 Å².